The molecule has 0 aliphatic carbocycles. The van der Waals surface area contributed by atoms with Gasteiger partial charge in [0.05, 0.1) is 18.6 Å². The molecule has 0 aromatic rings. The lowest BCUT2D eigenvalue weighted by Gasteiger charge is -2.20. The molecule has 1 aliphatic heterocycles. The highest BCUT2D eigenvalue weighted by Crippen LogP contribution is 2.06. The second-order valence-electron chi connectivity index (χ2n) is 4.27. The van der Waals surface area contributed by atoms with Crippen LogP contribution in [0.3, 0.4) is 0 Å². The molecule has 2 N–H and O–H groups in total. The van der Waals surface area contributed by atoms with Crippen LogP contribution in [0.15, 0.2) is 0 Å². The number of rotatable bonds is 4. The van der Waals surface area contributed by atoms with E-state index in [1.54, 1.807) is 0 Å². The molecule has 17 heavy (non-hydrogen) atoms. The number of esters is 1. The Kier molecular flexibility index (Phi) is 5.35. The van der Waals surface area contributed by atoms with E-state index in [0.29, 0.717) is 25.9 Å². The van der Waals surface area contributed by atoms with Crippen molar-refractivity contribution in [1.82, 2.24) is 4.90 Å². The number of ether oxygens (including phenoxy) is 1. The zero-order valence-electron chi connectivity index (χ0n) is 10.1. The number of carbonyl (C=O) groups excluding carboxylic acids is 1. The zero-order chi connectivity index (χ0) is 12.9. The summed E-state index contributed by atoms with van der Waals surface area (Å²) in [5.74, 6) is 0.0277. The molecule has 0 aromatic carbocycles. The Morgan fingerprint density at radius 3 is 2.76 bits per heavy atom. The third-order valence-electron chi connectivity index (χ3n) is 2.91. The van der Waals surface area contributed by atoms with E-state index in [1.807, 2.05) is 4.90 Å². The maximum atomic E-state index is 11.4. The van der Waals surface area contributed by atoms with Crippen LogP contribution < -0.4 is 5.73 Å². The van der Waals surface area contributed by atoms with Gasteiger partial charge in [-0.2, -0.15) is 0 Å². The quantitative estimate of drug-likeness (QED) is 0.655. The summed E-state index contributed by atoms with van der Waals surface area (Å²) in [7, 11) is -1.57. The number of hydrogen-bond donors (Lipinski definition) is 1. The first-order chi connectivity index (χ1) is 7.94. The van der Waals surface area contributed by atoms with E-state index in [-0.39, 0.29) is 11.5 Å². The Hall–Kier alpha value is -0.660. The fourth-order valence-electron chi connectivity index (χ4n) is 1.80. The normalized spacial score (nSPS) is 22.7. The molecule has 0 spiro atoms. The molecule has 1 heterocycles. The molecule has 7 heteroatoms. The molecule has 1 aliphatic rings. The third-order valence-corrected chi connectivity index (χ3v) is 4.62. The van der Waals surface area contributed by atoms with Gasteiger partial charge in [0.2, 0.25) is 0 Å². The fraction of sp³-hybridized carbons (Fsp3) is 0.900. The van der Waals surface area contributed by atoms with Crippen LogP contribution in [-0.4, -0.2) is 63.6 Å². The van der Waals surface area contributed by atoms with Crippen LogP contribution in [0.4, 0.5) is 0 Å². The van der Waals surface area contributed by atoms with Crippen molar-refractivity contribution < 1.29 is 17.9 Å². The minimum absolute atomic E-state index is 0.195. The second kappa shape index (κ2) is 6.32. The second-order valence-corrected chi connectivity index (χ2v) is 6.57. The summed E-state index contributed by atoms with van der Waals surface area (Å²) in [4.78, 5) is 13.1. The first kappa shape index (κ1) is 14.4. The highest BCUT2D eigenvalue weighted by Gasteiger charge is 2.20. The number of methoxy groups -OCH3 is 1. The van der Waals surface area contributed by atoms with E-state index in [1.165, 1.54) is 7.11 Å². The Balaban J connectivity index is 2.35. The van der Waals surface area contributed by atoms with E-state index < -0.39 is 21.8 Å². The van der Waals surface area contributed by atoms with Crippen LogP contribution >= 0.6 is 0 Å². The van der Waals surface area contributed by atoms with Gasteiger partial charge in [0.15, 0.2) is 9.84 Å². The minimum atomic E-state index is -2.88. The van der Waals surface area contributed by atoms with Crippen LogP contribution in [-0.2, 0) is 19.4 Å². The lowest BCUT2D eigenvalue weighted by Crippen LogP contribution is -2.37. The van der Waals surface area contributed by atoms with E-state index in [9.17, 15) is 13.2 Å². The van der Waals surface area contributed by atoms with Crippen LogP contribution in [0.25, 0.3) is 0 Å². The van der Waals surface area contributed by atoms with Crippen molar-refractivity contribution >= 4 is 15.8 Å². The predicted octanol–water partition coefficient (Wildman–Crippen LogP) is -1.00. The summed E-state index contributed by atoms with van der Waals surface area (Å²) in [6, 6.07) is -0.625. The molecule has 6 nitrogen and oxygen atoms in total. The predicted molar refractivity (Wildman–Crippen MR) is 64.3 cm³/mol. The smallest absolute Gasteiger partial charge is 0.322 e. The van der Waals surface area contributed by atoms with Crippen molar-refractivity contribution in [3.05, 3.63) is 0 Å². The molecule has 1 atom stereocenters. The van der Waals surface area contributed by atoms with Crippen molar-refractivity contribution in [3.63, 3.8) is 0 Å². The highest BCUT2D eigenvalue weighted by molar-refractivity contribution is 7.91. The summed E-state index contributed by atoms with van der Waals surface area (Å²) in [5, 5.41) is 0. The average molecular weight is 264 g/mol. The Morgan fingerprint density at radius 1 is 1.41 bits per heavy atom. The lowest BCUT2D eigenvalue weighted by molar-refractivity contribution is -0.142. The number of nitrogens with zero attached hydrogens (tertiary/aromatic N) is 1. The Morgan fingerprint density at radius 2 is 2.12 bits per heavy atom. The minimum Gasteiger partial charge on any atom is -0.468 e. The molecule has 0 radical (unpaired) electrons. The van der Waals surface area contributed by atoms with E-state index >= 15 is 0 Å². The maximum Gasteiger partial charge on any atom is 0.322 e. The zero-order valence-corrected chi connectivity index (χ0v) is 10.9. The van der Waals surface area contributed by atoms with Crippen molar-refractivity contribution in [2.75, 3.05) is 38.2 Å². The third kappa shape index (κ3) is 5.01. The van der Waals surface area contributed by atoms with Gasteiger partial charge in [0.1, 0.15) is 6.04 Å². The van der Waals surface area contributed by atoms with Gasteiger partial charge in [-0.05, 0) is 19.4 Å². The van der Waals surface area contributed by atoms with Gasteiger partial charge in [-0.1, -0.05) is 0 Å². The first-order valence-electron chi connectivity index (χ1n) is 5.71. The van der Waals surface area contributed by atoms with Gasteiger partial charge in [0, 0.05) is 13.1 Å². The molecule has 0 bridgehead atoms. The fourth-order valence-corrected chi connectivity index (χ4v) is 3.11. The number of sulfone groups is 1. The summed E-state index contributed by atoms with van der Waals surface area (Å²) in [5.41, 5.74) is 5.62. The molecular weight excluding hydrogens is 244 g/mol. The summed E-state index contributed by atoms with van der Waals surface area (Å²) < 4.78 is 27.3. The summed E-state index contributed by atoms with van der Waals surface area (Å²) in [6.45, 7) is 1.90. The van der Waals surface area contributed by atoms with Crippen molar-refractivity contribution in [3.8, 4) is 0 Å². The molecule has 1 fully saturated rings. The van der Waals surface area contributed by atoms with E-state index in [4.69, 9.17) is 5.73 Å². The standard InChI is InChI=1S/C10H20N2O4S/c1-16-10(13)9(11)3-5-12-4-2-7-17(14,15)8-6-12/h9H,2-8,11H2,1H3. The van der Waals surface area contributed by atoms with E-state index in [2.05, 4.69) is 4.74 Å². The first-order valence-corrected chi connectivity index (χ1v) is 7.53. The Labute approximate surface area is 102 Å². The van der Waals surface area contributed by atoms with Gasteiger partial charge >= 0.3 is 5.97 Å². The van der Waals surface area contributed by atoms with Gasteiger partial charge in [-0.15, -0.1) is 0 Å². The van der Waals surface area contributed by atoms with Crippen LogP contribution in [0.2, 0.25) is 0 Å². The van der Waals surface area contributed by atoms with Crippen LogP contribution in [0.1, 0.15) is 12.8 Å². The molecule has 100 valence electrons. The molecule has 0 aromatic heterocycles. The maximum absolute atomic E-state index is 11.4. The molecular formula is C10H20N2O4S. The van der Waals surface area contributed by atoms with E-state index in [0.717, 1.165) is 6.54 Å². The monoisotopic (exact) mass is 264 g/mol. The van der Waals surface area contributed by atoms with Crippen molar-refractivity contribution in [1.29, 1.82) is 0 Å². The topological polar surface area (TPSA) is 89.7 Å². The molecule has 0 amide bonds. The number of nitrogens with two attached hydrogens (primary N) is 1. The molecule has 1 saturated heterocycles. The molecule has 1 rings (SSSR count). The van der Waals surface area contributed by atoms with Crippen molar-refractivity contribution in [2.24, 2.45) is 5.73 Å². The van der Waals surface area contributed by atoms with Crippen LogP contribution in [0, 0.1) is 0 Å². The Bertz CT molecular complexity index is 355. The molecule has 1 unspecified atom stereocenters. The molecule has 0 saturated carbocycles. The largest absolute Gasteiger partial charge is 0.468 e. The van der Waals surface area contributed by atoms with Gasteiger partial charge < -0.3 is 15.4 Å². The van der Waals surface area contributed by atoms with Gasteiger partial charge in [0.25, 0.3) is 0 Å². The number of hydrogen-bond acceptors (Lipinski definition) is 6. The van der Waals surface area contributed by atoms with Crippen molar-refractivity contribution in [2.45, 2.75) is 18.9 Å². The average Bonchev–Trinajstić information content (AvgIpc) is 2.46. The number of carbonyl (C=O) groups is 1. The summed E-state index contributed by atoms with van der Waals surface area (Å²) in [6.07, 6.45) is 1.14. The summed E-state index contributed by atoms with van der Waals surface area (Å²) >= 11 is 0. The van der Waals surface area contributed by atoms with Gasteiger partial charge in [-0.25, -0.2) is 8.42 Å². The SMILES string of the molecule is COC(=O)C(N)CCN1CCCS(=O)(=O)CC1. The lowest BCUT2D eigenvalue weighted by atomic mass is 10.2. The highest BCUT2D eigenvalue weighted by atomic mass is 32.2. The van der Waals surface area contributed by atoms with Crippen LogP contribution in [0.5, 0.6) is 0 Å². The van der Waals surface area contributed by atoms with Gasteiger partial charge in [-0.3, -0.25) is 4.79 Å².